The molecule has 0 amide bonds. The number of halogens is 4. The fourth-order valence-electron chi connectivity index (χ4n) is 2.65. The summed E-state index contributed by atoms with van der Waals surface area (Å²) in [7, 11) is 1.46. The maximum absolute atomic E-state index is 12.7. The summed E-state index contributed by atoms with van der Waals surface area (Å²) in [5.41, 5.74) is 7.28. The summed E-state index contributed by atoms with van der Waals surface area (Å²) < 4.78 is 44.9. The van der Waals surface area contributed by atoms with Crippen LogP contribution >= 0.6 is 11.6 Å². The number of hydrogen-bond donors (Lipinski definition) is 2. The highest BCUT2D eigenvalue weighted by Gasteiger charge is 2.30. The summed E-state index contributed by atoms with van der Waals surface area (Å²) in [6, 6.07) is 13.6. The number of nitrogens with zero attached hydrogens (tertiary/aromatic N) is 2. The molecule has 28 heavy (non-hydrogen) atoms. The van der Waals surface area contributed by atoms with Crippen molar-refractivity contribution >= 4 is 11.6 Å². The molecule has 2 aromatic carbocycles. The number of ether oxygens (including phenoxy) is 1. The van der Waals surface area contributed by atoms with E-state index in [1.54, 1.807) is 18.2 Å². The molecule has 5 nitrogen and oxygen atoms in total. The van der Waals surface area contributed by atoms with Crippen molar-refractivity contribution in [3.05, 3.63) is 76.4 Å². The second-order valence-corrected chi connectivity index (χ2v) is 6.48. The van der Waals surface area contributed by atoms with E-state index in [1.165, 1.54) is 23.9 Å². The molecule has 1 atom stereocenters. The highest BCUT2D eigenvalue weighted by atomic mass is 35.5. The quantitative estimate of drug-likeness (QED) is 0.595. The number of hydrogen-bond acceptors (Lipinski definition) is 4. The van der Waals surface area contributed by atoms with E-state index in [9.17, 15) is 13.2 Å². The van der Waals surface area contributed by atoms with E-state index in [2.05, 4.69) is 10.4 Å². The summed E-state index contributed by atoms with van der Waals surface area (Å²) in [6.45, 7) is 0.331. The molecule has 1 aromatic heterocycles. The van der Waals surface area contributed by atoms with Crippen molar-refractivity contribution in [2.75, 3.05) is 7.11 Å². The fourth-order valence-corrected chi connectivity index (χ4v) is 2.85. The minimum absolute atomic E-state index is 0.331. The van der Waals surface area contributed by atoms with E-state index in [0.717, 1.165) is 17.7 Å². The average molecular weight is 411 g/mol. The molecule has 0 bridgehead atoms. The molecular weight excluding hydrogens is 393 g/mol. The maximum atomic E-state index is 12.7. The summed E-state index contributed by atoms with van der Waals surface area (Å²) in [5.74, 6) is 0.396. The first-order valence-corrected chi connectivity index (χ1v) is 8.70. The van der Waals surface area contributed by atoms with Gasteiger partial charge >= 0.3 is 6.18 Å². The van der Waals surface area contributed by atoms with Gasteiger partial charge in [-0.2, -0.15) is 18.3 Å². The number of aromatic nitrogens is 2. The van der Waals surface area contributed by atoms with E-state index in [0.29, 0.717) is 28.8 Å². The summed E-state index contributed by atoms with van der Waals surface area (Å²) in [5, 5.41) is 8.11. The third kappa shape index (κ3) is 4.64. The molecule has 9 heteroatoms. The molecule has 0 aliphatic rings. The van der Waals surface area contributed by atoms with Crippen LogP contribution < -0.4 is 15.8 Å². The zero-order valence-corrected chi connectivity index (χ0v) is 15.6. The Labute approximate surface area is 164 Å². The third-order valence-electron chi connectivity index (χ3n) is 4.09. The van der Waals surface area contributed by atoms with Crippen LogP contribution in [0, 0.1) is 0 Å². The van der Waals surface area contributed by atoms with Crippen molar-refractivity contribution in [2.24, 2.45) is 5.73 Å². The Balaban J connectivity index is 1.75. The van der Waals surface area contributed by atoms with Gasteiger partial charge in [0.05, 0.1) is 30.2 Å². The van der Waals surface area contributed by atoms with Crippen LogP contribution in [0.4, 0.5) is 13.2 Å². The van der Waals surface area contributed by atoms with Crippen LogP contribution in [0.1, 0.15) is 23.0 Å². The van der Waals surface area contributed by atoms with Gasteiger partial charge in [-0.15, -0.1) is 0 Å². The molecule has 0 unspecified atom stereocenters. The predicted octanol–water partition coefficient (Wildman–Crippen LogP) is 4.30. The van der Waals surface area contributed by atoms with E-state index in [1.807, 2.05) is 12.1 Å². The molecule has 0 saturated heterocycles. The molecule has 148 valence electrons. The second-order valence-electron chi connectivity index (χ2n) is 6.05. The number of nitrogens with one attached hydrogen (secondary N) is 1. The maximum Gasteiger partial charge on any atom is 0.416 e. The minimum atomic E-state index is -4.39. The lowest BCUT2D eigenvalue weighted by Gasteiger charge is -2.13. The molecule has 3 N–H and O–H groups in total. The van der Waals surface area contributed by atoms with Crippen LogP contribution in [0.2, 0.25) is 5.02 Å². The van der Waals surface area contributed by atoms with Crippen molar-refractivity contribution in [2.45, 2.75) is 18.9 Å². The fraction of sp³-hybridized carbons (Fsp3) is 0.211. The Bertz CT molecular complexity index is 941. The van der Waals surface area contributed by atoms with Gasteiger partial charge in [-0.1, -0.05) is 23.7 Å². The van der Waals surface area contributed by atoms with E-state index in [4.69, 9.17) is 22.1 Å². The lowest BCUT2D eigenvalue weighted by Crippen LogP contribution is -2.28. The number of nitrogens with two attached hydrogens (primary N) is 1. The van der Waals surface area contributed by atoms with Crippen LogP contribution in [0.15, 0.2) is 54.6 Å². The van der Waals surface area contributed by atoms with Gasteiger partial charge in [0.15, 0.2) is 0 Å². The normalized spacial score (nSPS) is 12.8. The van der Waals surface area contributed by atoms with Gasteiger partial charge in [-0.3, -0.25) is 5.32 Å². The molecule has 3 rings (SSSR count). The SMILES string of the molecule is COc1cc(CN[C@H](N)c2cccc(Cl)c2)nn1-c1ccc(C(F)(F)F)cc1. The second kappa shape index (κ2) is 8.22. The highest BCUT2D eigenvalue weighted by molar-refractivity contribution is 6.30. The average Bonchev–Trinajstić information content (AvgIpc) is 3.09. The molecular formula is C19H18ClF3N4O. The largest absolute Gasteiger partial charge is 0.481 e. The first-order chi connectivity index (χ1) is 13.3. The van der Waals surface area contributed by atoms with Crippen molar-refractivity contribution in [1.29, 1.82) is 0 Å². The topological polar surface area (TPSA) is 65.1 Å². The van der Waals surface area contributed by atoms with Crippen LogP contribution in [0.3, 0.4) is 0 Å². The predicted molar refractivity (Wildman–Crippen MR) is 100 cm³/mol. The van der Waals surface area contributed by atoms with Crippen molar-refractivity contribution in [1.82, 2.24) is 15.1 Å². The van der Waals surface area contributed by atoms with Crippen LogP contribution in [0.25, 0.3) is 5.69 Å². The number of benzene rings is 2. The molecule has 0 aliphatic carbocycles. The first kappa shape index (κ1) is 20.2. The monoisotopic (exact) mass is 410 g/mol. The van der Waals surface area contributed by atoms with Crippen LogP contribution in [-0.2, 0) is 12.7 Å². The lowest BCUT2D eigenvalue weighted by molar-refractivity contribution is -0.137. The van der Waals surface area contributed by atoms with E-state index >= 15 is 0 Å². The zero-order valence-electron chi connectivity index (χ0n) is 14.9. The zero-order chi connectivity index (χ0) is 20.3. The van der Waals surface area contributed by atoms with Crippen molar-refractivity contribution < 1.29 is 17.9 Å². The van der Waals surface area contributed by atoms with Crippen LogP contribution in [-0.4, -0.2) is 16.9 Å². The summed E-state index contributed by atoms with van der Waals surface area (Å²) in [4.78, 5) is 0. The molecule has 1 heterocycles. The van der Waals surface area contributed by atoms with Gasteiger partial charge < -0.3 is 10.5 Å². The minimum Gasteiger partial charge on any atom is -0.481 e. The van der Waals surface area contributed by atoms with Crippen LogP contribution in [0.5, 0.6) is 5.88 Å². The van der Waals surface area contributed by atoms with Crippen molar-refractivity contribution in [3.8, 4) is 11.6 Å². The molecule has 0 fully saturated rings. The molecule has 0 aliphatic heterocycles. The van der Waals surface area contributed by atoms with E-state index < -0.39 is 17.9 Å². The van der Waals surface area contributed by atoms with Crippen molar-refractivity contribution in [3.63, 3.8) is 0 Å². The first-order valence-electron chi connectivity index (χ1n) is 8.33. The molecule has 3 aromatic rings. The molecule has 0 spiro atoms. The smallest absolute Gasteiger partial charge is 0.416 e. The lowest BCUT2D eigenvalue weighted by atomic mass is 10.2. The Morgan fingerprint density at radius 2 is 1.89 bits per heavy atom. The van der Waals surface area contributed by atoms with E-state index in [-0.39, 0.29) is 0 Å². The van der Waals surface area contributed by atoms with Gasteiger partial charge in [0.25, 0.3) is 0 Å². The summed E-state index contributed by atoms with van der Waals surface area (Å²) in [6.07, 6.45) is -4.85. The Morgan fingerprint density at radius 3 is 2.50 bits per heavy atom. The van der Waals surface area contributed by atoms with Gasteiger partial charge in [0.1, 0.15) is 0 Å². The number of methoxy groups -OCH3 is 1. The molecule has 0 radical (unpaired) electrons. The highest BCUT2D eigenvalue weighted by Crippen LogP contribution is 2.30. The van der Waals surface area contributed by atoms with Gasteiger partial charge in [0, 0.05) is 17.6 Å². The van der Waals surface area contributed by atoms with Gasteiger partial charge in [0.2, 0.25) is 5.88 Å². The Morgan fingerprint density at radius 1 is 1.18 bits per heavy atom. The van der Waals surface area contributed by atoms with Gasteiger partial charge in [-0.25, -0.2) is 4.68 Å². The molecule has 0 saturated carbocycles. The van der Waals surface area contributed by atoms with Gasteiger partial charge in [-0.05, 0) is 42.0 Å². The Kier molecular flexibility index (Phi) is 5.93. The summed E-state index contributed by atoms with van der Waals surface area (Å²) >= 11 is 5.97. The third-order valence-corrected chi connectivity index (χ3v) is 4.32. The Hall–Kier alpha value is -2.55. The standard InChI is InChI=1S/C19H18ClF3N4O/c1-28-17-10-15(11-25-18(24)12-3-2-4-14(20)9-12)26-27(17)16-7-5-13(6-8-16)19(21,22)23/h2-10,18,25H,11,24H2,1H3/t18-/m0/s1. The number of alkyl halides is 3. The number of rotatable bonds is 6.